The number of likely N-dealkylation sites (tertiary alicyclic amines) is 1. The Morgan fingerprint density at radius 3 is 2.38 bits per heavy atom. The number of pyridine rings is 1. The first kappa shape index (κ1) is 22.2. The molecule has 4 rings (SSSR count). The summed E-state index contributed by atoms with van der Waals surface area (Å²) in [6, 6.07) is 10.3. The molecular weight excluding hydrogens is 409 g/mol. The molecule has 0 radical (unpaired) electrons. The first-order chi connectivity index (χ1) is 15.5. The molecule has 0 atom stereocenters. The molecule has 2 aliphatic rings. The number of anilines is 2. The summed E-state index contributed by atoms with van der Waals surface area (Å²) in [5.74, 6) is 0.438. The molecule has 0 bridgehead atoms. The number of aromatic nitrogens is 1. The van der Waals surface area contributed by atoms with Gasteiger partial charge in [0, 0.05) is 44.0 Å². The van der Waals surface area contributed by atoms with Gasteiger partial charge in [0.2, 0.25) is 11.8 Å². The van der Waals surface area contributed by atoms with Crippen LogP contribution < -0.4 is 10.2 Å². The lowest BCUT2D eigenvalue weighted by Crippen LogP contribution is -2.52. The number of hydrogen-bond donors (Lipinski definition) is 1. The summed E-state index contributed by atoms with van der Waals surface area (Å²) in [7, 11) is 0. The maximum Gasteiger partial charge on any atom is 0.236 e. The Morgan fingerprint density at radius 2 is 1.72 bits per heavy atom. The zero-order valence-corrected chi connectivity index (χ0v) is 18.5. The topological polar surface area (TPSA) is 68.8 Å². The van der Waals surface area contributed by atoms with E-state index in [9.17, 15) is 14.0 Å². The van der Waals surface area contributed by atoms with Crippen LogP contribution in [0.2, 0.25) is 0 Å². The van der Waals surface area contributed by atoms with Crippen LogP contribution in [-0.2, 0) is 9.59 Å². The molecule has 32 heavy (non-hydrogen) atoms. The molecule has 2 fully saturated rings. The molecular formula is C24H30FN5O2. The predicted octanol–water partition coefficient (Wildman–Crippen LogP) is 2.53. The number of piperidine rings is 1. The number of nitrogens with one attached hydrogen (secondary N) is 1. The van der Waals surface area contributed by atoms with Gasteiger partial charge in [-0.3, -0.25) is 14.5 Å². The molecule has 0 aliphatic carbocycles. The maximum absolute atomic E-state index is 13.1. The standard InChI is InChI=1S/C24H30FN5O2/c1-18-6-9-26-22(16-18)27-24(32)19-7-10-28(11-8-19)17-23(31)30-14-12-29(13-15-30)21-4-2-20(25)3-5-21/h2-6,9,16,19H,7-8,10-15,17H2,1H3,(H,26,27,32). The summed E-state index contributed by atoms with van der Waals surface area (Å²) in [4.78, 5) is 35.7. The summed E-state index contributed by atoms with van der Waals surface area (Å²) in [5, 5.41) is 2.91. The Kier molecular flexibility index (Phi) is 6.99. The van der Waals surface area contributed by atoms with Crippen LogP contribution in [-0.4, -0.2) is 72.4 Å². The average molecular weight is 440 g/mol. The zero-order valence-electron chi connectivity index (χ0n) is 18.5. The molecule has 170 valence electrons. The van der Waals surface area contributed by atoms with Crippen molar-refractivity contribution in [2.45, 2.75) is 19.8 Å². The Balaban J connectivity index is 1.19. The Labute approximate surface area is 188 Å². The lowest BCUT2D eigenvalue weighted by Gasteiger charge is -2.38. The first-order valence-electron chi connectivity index (χ1n) is 11.2. The van der Waals surface area contributed by atoms with Gasteiger partial charge in [0.05, 0.1) is 6.54 Å². The summed E-state index contributed by atoms with van der Waals surface area (Å²) in [6.45, 7) is 6.65. The van der Waals surface area contributed by atoms with Crippen LogP contribution in [0.3, 0.4) is 0 Å². The molecule has 1 aromatic heterocycles. The van der Waals surface area contributed by atoms with Gasteiger partial charge in [-0.2, -0.15) is 0 Å². The van der Waals surface area contributed by atoms with Gasteiger partial charge in [-0.05, 0) is 74.8 Å². The van der Waals surface area contributed by atoms with Crippen LogP contribution >= 0.6 is 0 Å². The van der Waals surface area contributed by atoms with E-state index in [1.165, 1.54) is 12.1 Å². The third kappa shape index (κ3) is 5.62. The van der Waals surface area contributed by atoms with Crippen molar-refractivity contribution in [3.63, 3.8) is 0 Å². The zero-order chi connectivity index (χ0) is 22.5. The fourth-order valence-electron chi connectivity index (χ4n) is 4.34. The highest BCUT2D eigenvalue weighted by Crippen LogP contribution is 2.20. The SMILES string of the molecule is Cc1ccnc(NC(=O)C2CCN(CC(=O)N3CCN(c4ccc(F)cc4)CC3)CC2)c1. The van der Waals surface area contributed by atoms with E-state index in [4.69, 9.17) is 0 Å². The van der Waals surface area contributed by atoms with Crippen molar-refractivity contribution < 1.29 is 14.0 Å². The Morgan fingerprint density at radius 1 is 1.03 bits per heavy atom. The summed E-state index contributed by atoms with van der Waals surface area (Å²) in [5.41, 5.74) is 2.04. The van der Waals surface area contributed by atoms with E-state index >= 15 is 0 Å². The van der Waals surface area contributed by atoms with Gasteiger partial charge in [-0.25, -0.2) is 9.37 Å². The molecule has 7 nitrogen and oxygen atoms in total. The number of amides is 2. The number of carbonyl (C=O) groups is 2. The lowest BCUT2D eigenvalue weighted by atomic mass is 9.96. The molecule has 1 aromatic carbocycles. The van der Waals surface area contributed by atoms with Crippen LogP contribution in [0.25, 0.3) is 0 Å². The van der Waals surface area contributed by atoms with Crippen molar-refractivity contribution in [1.82, 2.24) is 14.8 Å². The summed E-state index contributed by atoms with van der Waals surface area (Å²) in [6.07, 6.45) is 3.17. The molecule has 2 aliphatic heterocycles. The fraction of sp³-hybridized carbons (Fsp3) is 0.458. The predicted molar refractivity (Wildman–Crippen MR) is 122 cm³/mol. The van der Waals surface area contributed by atoms with Crippen molar-refractivity contribution in [2.24, 2.45) is 5.92 Å². The van der Waals surface area contributed by atoms with Gasteiger partial charge < -0.3 is 15.1 Å². The van der Waals surface area contributed by atoms with Crippen molar-refractivity contribution in [2.75, 3.05) is 56.0 Å². The van der Waals surface area contributed by atoms with Gasteiger partial charge >= 0.3 is 0 Å². The molecule has 0 saturated carbocycles. The van der Waals surface area contributed by atoms with Crippen LogP contribution in [0.4, 0.5) is 15.9 Å². The van der Waals surface area contributed by atoms with Crippen LogP contribution in [0.15, 0.2) is 42.6 Å². The van der Waals surface area contributed by atoms with E-state index in [2.05, 4.69) is 20.1 Å². The summed E-state index contributed by atoms with van der Waals surface area (Å²) < 4.78 is 13.1. The van der Waals surface area contributed by atoms with E-state index in [0.29, 0.717) is 25.5 Å². The number of carbonyl (C=O) groups excluding carboxylic acids is 2. The number of piperazine rings is 1. The van der Waals surface area contributed by atoms with Gasteiger partial charge in [0.1, 0.15) is 11.6 Å². The number of aryl methyl sites for hydroxylation is 1. The molecule has 1 N–H and O–H groups in total. The highest BCUT2D eigenvalue weighted by atomic mass is 19.1. The minimum absolute atomic E-state index is 0.00555. The van der Waals surface area contributed by atoms with E-state index in [-0.39, 0.29) is 23.5 Å². The smallest absolute Gasteiger partial charge is 0.236 e. The second-order valence-electron chi connectivity index (χ2n) is 8.60. The number of benzene rings is 1. The fourth-order valence-corrected chi connectivity index (χ4v) is 4.34. The third-order valence-electron chi connectivity index (χ3n) is 6.31. The highest BCUT2D eigenvalue weighted by Gasteiger charge is 2.28. The molecule has 0 spiro atoms. The van der Waals surface area contributed by atoms with Crippen molar-refractivity contribution >= 4 is 23.3 Å². The second kappa shape index (κ2) is 10.1. The van der Waals surface area contributed by atoms with Crippen LogP contribution in [0, 0.1) is 18.7 Å². The minimum atomic E-state index is -0.240. The number of rotatable bonds is 5. The van der Waals surface area contributed by atoms with Gasteiger partial charge in [-0.1, -0.05) is 0 Å². The first-order valence-corrected chi connectivity index (χ1v) is 11.2. The van der Waals surface area contributed by atoms with Crippen molar-refractivity contribution in [1.29, 1.82) is 0 Å². The van der Waals surface area contributed by atoms with Crippen LogP contribution in [0.1, 0.15) is 18.4 Å². The molecule has 2 amide bonds. The van der Waals surface area contributed by atoms with Crippen LogP contribution in [0.5, 0.6) is 0 Å². The van der Waals surface area contributed by atoms with E-state index in [0.717, 1.165) is 50.3 Å². The van der Waals surface area contributed by atoms with Gasteiger partial charge in [-0.15, -0.1) is 0 Å². The molecule has 8 heteroatoms. The number of hydrogen-bond acceptors (Lipinski definition) is 5. The van der Waals surface area contributed by atoms with Gasteiger partial charge in [0.15, 0.2) is 0 Å². The molecule has 2 saturated heterocycles. The average Bonchev–Trinajstić information content (AvgIpc) is 2.80. The number of halogens is 1. The van der Waals surface area contributed by atoms with Gasteiger partial charge in [0.25, 0.3) is 0 Å². The molecule has 3 heterocycles. The van der Waals surface area contributed by atoms with E-state index < -0.39 is 0 Å². The monoisotopic (exact) mass is 439 g/mol. The van der Waals surface area contributed by atoms with Crippen molar-refractivity contribution in [3.05, 3.63) is 54.0 Å². The van der Waals surface area contributed by atoms with Crippen molar-refractivity contribution in [3.8, 4) is 0 Å². The second-order valence-corrected chi connectivity index (χ2v) is 8.60. The van der Waals surface area contributed by atoms with E-state index in [1.807, 2.05) is 24.0 Å². The maximum atomic E-state index is 13.1. The molecule has 2 aromatic rings. The number of nitrogens with zero attached hydrogens (tertiary/aromatic N) is 4. The Bertz CT molecular complexity index is 936. The highest BCUT2D eigenvalue weighted by molar-refractivity contribution is 5.91. The summed E-state index contributed by atoms with van der Waals surface area (Å²) >= 11 is 0. The minimum Gasteiger partial charge on any atom is -0.368 e. The lowest BCUT2D eigenvalue weighted by molar-refractivity contribution is -0.133. The molecule has 0 unspecified atom stereocenters. The largest absolute Gasteiger partial charge is 0.368 e. The normalized spacial score (nSPS) is 17.9. The quantitative estimate of drug-likeness (QED) is 0.776. The Hall–Kier alpha value is -3.00. The third-order valence-corrected chi connectivity index (χ3v) is 6.31. The van der Waals surface area contributed by atoms with E-state index in [1.54, 1.807) is 18.3 Å².